The second-order valence-electron chi connectivity index (χ2n) is 9.04. The Morgan fingerprint density at radius 1 is 1.11 bits per heavy atom. The van der Waals surface area contributed by atoms with Gasteiger partial charge in [0.25, 0.3) is 5.91 Å². The van der Waals surface area contributed by atoms with E-state index < -0.39 is 18.4 Å². The Morgan fingerprint density at radius 2 is 1.76 bits per heavy atom. The third-order valence-corrected chi connectivity index (χ3v) is 6.95. The van der Waals surface area contributed by atoms with Gasteiger partial charge in [0.2, 0.25) is 0 Å². The van der Waals surface area contributed by atoms with Crippen LogP contribution in [0.4, 0.5) is 0 Å². The zero-order chi connectivity index (χ0) is 27.2. The van der Waals surface area contributed by atoms with Gasteiger partial charge >= 0.3 is 5.97 Å². The van der Waals surface area contributed by atoms with E-state index in [1.807, 2.05) is 48.5 Å². The van der Waals surface area contributed by atoms with E-state index in [1.54, 1.807) is 10.9 Å². The Balaban J connectivity index is 1.47. The fourth-order valence-corrected chi connectivity index (χ4v) is 4.46. The van der Waals surface area contributed by atoms with E-state index in [1.165, 1.54) is 13.8 Å². The molecule has 2 aromatic carbocycles. The molecule has 1 amide bonds. The first kappa shape index (κ1) is 28.1. The molecule has 0 bridgehead atoms. The van der Waals surface area contributed by atoms with Crippen LogP contribution in [-0.2, 0) is 43.5 Å². The maximum atomic E-state index is 12.1. The van der Waals surface area contributed by atoms with Gasteiger partial charge in [0.15, 0.2) is 17.5 Å². The molecule has 38 heavy (non-hydrogen) atoms. The molecule has 1 saturated heterocycles. The first-order valence-electron chi connectivity index (χ1n) is 12.1. The zero-order valence-electron chi connectivity index (χ0n) is 21.0. The minimum Gasteiger partial charge on any atom is -0.453 e. The molecule has 2 N–H and O–H groups in total. The maximum absolute atomic E-state index is 12.1. The van der Waals surface area contributed by atoms with E-state index in [9.17, 15) is 14.7 Å². The van der Waals surface area contributed by atoms with Crippen LogP contribution in [0.1, 0.15) is 54.9 Å². The topological polar surface area (TPSA) is 112 Å². The Hall–Kier alpha value is -2.95. The molecule has 0 saturated carbocycles. The van der Waals surface area contributed by atoms with Crippen molar-refractivity contribution in [3.05, 3.63) is 87.4 Å². The van der Waals surface area contributed by atoms with Gasteiger partial charge in [0, 0.05) is 25.5 Å². The number of nitrogens with one attached hydrogen (secondary N) is 1. The van der Waals surface area contributed by atoms with E-state index in [4.69, 9.17) is 37.4 Å². The minimum absolute atomic E-state index is 0.0322. The monoisotopic (exact) mass is 561 g/mol. The highest BCUT2D eigenvalue weighted by atomic mass is 35.5. The van der Waals surface area contributed by atoms with Crippen molar-refractivity contribution in [3.8, 4) is 0 Å². The van der Waals surface area contributed by atoms with Crippen molar-refractivity contribution in [2.75, 3.05) is 0 Å². The molecule has 1 fully saturated rings. The van der Waals surface area contributed by atoms with Crippen molar-refractivity contribution in [2.24, 2.45) is 0 Å². The molecular formula is C27H29Cl2N3O6. The van der Waals surface area contributed by atoms with E-state index in [0.717, 1.165) is 22.3 Å². The van der Waals surface area contributed by atoms with Crippen molar-refractivity contribution in [1.29, 1.82) is 0 Å². The summed E-state index contributed by atoms with van der Waals surface area (Å²) in [4.78, 5) is 27.2. The minimum atomic E-state index is -0.866. The number of aromatic nitrogens is 2. The molecule has 0 unspecified atom stereocenters. The van der Waals surface area contributed by atoms with Crippen LogP contribution in [0.3, 0.4) is 0 Å². The number of hydrogen-bond acceptors (Lipinski definition) is 7. The molecule has 1 aromatic heterocycles. The van der Waals surface area contributed by atoms with Crippen LogP contribution in [0.25, 0.3) is 0 Å². The predicted octanol–water partition coefficient (Wildman–Crippen LogP) is 4.50. The smallest absolute Gasteiger partial charge is 0.303 e. The van der Waals surface area contributed by atoms with Gasteiger partial charge in [-0.1, -0.05) is 71.7 Å². The number of nitrogens with zero attached hydrogens (tertiary/aromatic N) is 2. The molecular weight excluding hydrogens is 533 g/mol. The number of benzene rings is 2. The highest BCUT2D eigenvalue weighted by Crippen LogP contribution is 2.39. The summed E-state index contributed by atoms with van der Waals surface area (Å²) in [5, 5.41) is 12.7. The zero-order valence-corrected chi connectivity index (χ0v) is 22.5. The van der Waals surface area contributed by atoms with Crippen LogP contribution >= 0.6 is 23.2 Å². The van der Waals surface area contributed by atoms with Crippen LogP contribution in [0, 0.1) is 0 Å². The molecule has 11 heteroatoms. The van der Waals surface area contributed by atoms with Gasteiger partial charge < -0.3 is 29.2 Å². The Kier molecular flexibility index (Phi) is 9.40. The predicted molar refractivity (Wildman–Crippen MR) is 140 cm³/mol. The van der Waals surface area contributed by atoms with Crippen molar-refractivity contribution in [1.82, 2.24) is 14.9 Å². The van der Waals surface area contributed by atoms with Gasteiger partial charge in [-0.15, -0.1) is 0 Å². The number of esters is 1. The summed E-state index contributed by atoms with van der Waals surface area (Å²) in [6.45, 7) is 3.46. The lowest BCUT2D eigenvalue weighted by atomic mass is 10.00. The standard InChI is InChI=1S/C27H29Cl2N3O6/c1-16(36-17(2)34)26(35)30-12-18-3-9-21(10-4-18)27-37-22(13-32-15-31-24(28)25(32)29)11-23(38-27)20-7-5-19(14-33)6-8-20/h3-10,15-16,22-23,27,33H,11-14H2,1-2H3,(H,30,35)/t16-,22+,23-,27-/m0/s1. The average Bonchev–Trinajstić information content (AvgIpc) is 3.23. The second kappa shape index (κ2) is 12.7. The van der Waals surface area contributed by atoms with E-state index in [2.05, 4.69) is 10.3 Å². The molecule has 202 valence electrons. The van der Waals surface area contributed by atoms with Gasteiger partial charge in [-0.25, -0.2) is 4.98 Å². The fraction of sp³-hybridized carbons (Fsp3) is 0.370. The van der Waals surface area contributed by atoms with Crippen LogP contribution in [0.5, 0.6) is 0 Å². The summed E-state index contributed by atoms with van der Waals surface area (Å²) in [5.41, 5.74) is 3.46. The number of carbonyl (C=O) groups excluding carboxylic acids is 2. The summed E-state index contributed by atoms with van der Waals surface area (Å²) in [5.74, 6) is -0.886. The van der Waals surface area contributed by atoms with Crippen molar-refractivity contribution in [3.63, 3.8) is 0 Å². The number of rotatable bonds is 9. The van der Waals surface area contributed by atoms with Gasteiger partial charge in [0.1, 0.15) is 5.15 Å². The molecule has 0 radical (unpaired) electrons. The number of aliphatic hydroxyl groups is 1. The summed E-state index contributed by atoms with van der Waals surface area (Å²) < 4.78 is 19.3. The fourth-order valence-electron chi connectivity index (χ4n) is 4.15. The Morgan fingerprint density at radius 3 is 2.37 bits per heavy atom. The van der Waals surface area contributed by atoms with Crippen LogP contribution in [0.2, 0.25) is 10.3 Å². The molecule has 4 rings (SSSR count). The molecule has 9 nitrogen and oxygen atoms in total. The third-order valence-electron chi connectivity index (χ3n) is 6.18. The number of ether oxygens (including phenoxy) is 3. The number of imidazole rings is 1. The Bertz CT molecular complexity index is 1250. The van der Waals surface area contributed by atoms with Crippen LogP contribution < -0.4 is 5.32 Å². The van der Waals surface area contributed by atoms with Gasteiger partial charge in [-0.2, -0.15) is 0 Å². The highest BCUT2D eigenvalue weighted by Gasteiger charge is 2.33. The molecule has 1 aliphatic rings. The first-order chi connectivity index (χ1) is 18.2. The molecule has 3 aromatic rings. The summed E-state index contributed by atoms with van der Waals surface area (Å²) in [6, 6.07) is 15.2. The normalized spacial score (nSPS) is 20.1. The lowest BCUT2D eigenvalue weighted by Crippen LogP contribution is -2.35. The van der Waals surface area contributed by atoms with Gasteiger partial charge in [-0.05, 0) is 23.6 Å². The van der Waals surface area contributed by atoms with Gasteiger partial charge in [0.05, 0.1) is 31.7 Å². The Labute approximate surface area is 230 Å². The van der Waals surface area contributed by atoms with Crippen molar-refractivity contribution in [2.45, 2.75) is 64.6 Å². The largest absolute Gasteiger partial charge is 0.453 e. The van der Waals surface area contributed by atoms with Crippen LogP contribution in [-0.4, -0.2) is 38.7 Å². The molecule has 0 spiro atoms. The van der Waals surface area contributed by atoms with Crippen molar-refractivity contribution >= 4 is 35.1 Å². The lowest BCUT2D eigenvalue weighted by molar-refractivity contribution is -0.252. The van der Waals surface area contributed by atoms with Crippen molar-refractivity contribution < 1.29 is 28.9 Å². The maximum Gasteiger partial charge on any atom is 0.303 e. The summed E-state index contributed by atoms with van der Waals surface area (Å²) in [7, 11) is 0. The third kappa shape index (κ3) is 7.12. The quantitative estimate of drug-likeness (QED) is 0.370. The molecule has 4 atom stereocenters. The number of amides is 1. The lowest BCUT2D eigenvalue weighted by Gasteiger charge is -2.36. The van der Waals surface area contributed by atoms with Gasteiger partial charge in [-0.3, -0.25) is 9.59 Å². The highest BCUT2D eigenvalue weighted by molar-refractivity contribution is 6.40. The number of halogens is 2. The molecule has 0 aliphatic carbocycles. The molecule has 1 aliphatic heterocycles. The van der Waals surface area contributed by atoms with E-state index in [0.29, 0.717) is 18.1 Å². The average molecular weight is 562 g/mol. The van der Waals surface area contributed by atoms with Crippen LogP contribution in [0.15, 0.2) is 54.9 Å². The SMILES string of the molecule is CC(=O)O[C@@H](C)C(=O)NCc1ccc([C@H]2O[C@@H](Cn3cnc(Cl)c3Cl)C[C@@H](c3ccc(CO)cc3)O2)cc1. The number of carbonyl (C=O) groups is 2. The first-order valence-corrected chi connectivity index (χ1v) is 12.9. The van der Waals surface area contributed by atoms with E-state index >= 15 is 0 Å². The number of aliphatic hydroxyl groups excluding tert-OH is 1. The second-order valence-corrected chi connectivity index (χ2v) is 9.76. The molecule has 2 heterocycles. The summed E-state index contributed by atoms with van der Waals surface area (Å²) >= 11 is 12.3. The summed E-state index contributed by atoms with van der Waals surface area (Å²) in [6.07, 6.45) is 0.129. The van der Waals surface area contributed by atoms with E-state index in [-0.39, 0.29) is 36.4 Å². The number of hydrogen-bond donors (Lipinski definition) is 2.